The van der Waals surface area contributed by atoms with Crippen molar-refractivity contribution in [3.63, 3.8) is 0 Å². The van der Waals surface area contributed by atoms with Crippen molar-refractivity contribution in [3.05, 3.63) is 77.9 Å². The summed E-state index contributed by atoms with van der Waals surface area (Å²) < 4.78 is 10.6. The Morgan fingerprint density at radius 1 is 0.941 bits per heavy atom. The fourth-order valence-electron chi connectivity index (χ4n) is 3.71. The second-order valence-corrected chi connectivity index (χ2v) is 9.01. The zero-order chi connectivity index (χ0) is 24.2. The Kier molecular flexibility index (Phi) is 6.88. The van der Waals surface area contributed by atoms with Gasteiger partial charge in [-0.25, -0.2) is 4.90 Å². The van der Waals surface area contributed by atoms with Crippen LogP contribution in [0.25, 0.3) is 0 Å². The Bertz CT molecular complexity index is 1200. The molecule has 34 heavy (non-hydrogen) atoms. The Balaban J connectivity index is 1.44. The molecule has 7 nitrogen and oxygen atoms in total. The molecule has 3 aromatic rings. The van der Waals surface area contributed by atoms with E-state index < -0.39 is 5.25 Å². The average molecular weight is 477 g/mol. The summed E-state index contributed by atoms with van der Waals surface area (Å²) in [6, 6.07) is 19.6. The van der Waals surface area contributed by atoms with E-state index in [0.29, 0.717) is 28.4 Å². The van der Waals surface area contributed by atoms with Crippen LogP contribution in [0, 0.1) is 6.92 Å². The molecule has 1 N–H and O–H groups in total. The SMILES string of the molecule is COc1cccc(OC)c1C(=O)Nc1ccc(SC2CC(=O)N(c3ccc(C)cc3)C2=O)cc1. The molecule has 1 saturated heterocycles. The largest absolute Gasteiger partial charge is 0.496 e. The smallest absolute Gasteiger partial charge is 0.263 e. The van der Waals surface area contributed by atoms with E-state index >= 15 is 0 Å². The zero-order valence-electron chi connectivity index (χ0n) is 19.0. The van der Waals surface area contributed by atoms with Gasteiger partial charge in [-0.05, 0) is 55.5 Å². The molecule has 174 valence electrons. The maximum absolute atomic E-state index is 12.9. The van der Waals surface area contributed by atoms with Gasteiger partial charge >= 0.3 is 0 Å². The van der Waals surface area contributed by atoms with E-state index in [1.807, 2.05) is 31.2 Å². The standard InChI is InChI=1S/C26H24N2O5S/c1-16-7-11-18(12-8-16)28-23(29)15-22(26(28)31)34-19-13-9-17(10-14-19)27-25(30)24-20(32-2)5-4-6-21(24)33-3/h4-14,22H,15H2,1-3H3,(H,27,30). The van der Waals surface area contributed by atoms with E-state index in [9.17, 15) is 14.4 Å². The first-order valence-electron chi connectivity index (χ1n) is 10.6. The van der Waals surface area contributed by atoms with Gasteiger partial charge in [-0.2, -0.15) is 0 Å². The van der Waals surface area contributed by atoms with Crippen molar-refractivity contribution in [2.75, 3.05) is 24.4 Å². The molecule has 1 fully saturated rings. The molecular formula is C26H24N2O5S. The van der Waals surface area contributed by atoms with Crippen LogP contribution in [0.5, 0.6) is 11.5 Å². The zero-order valence-corrected chi connectivity index (χ0v) is 19.8. The molecule has 1 unspecified atom stereocenters. The number of aryl methyl sites for hydroxylation is 1. The molecule has 1 aliphatic heterocycles. The molecule has 1 aliphatic rings. The number of carbonyl (C=O) groups excluding carboxylic acids is 3. The monoisotopic (exact) mass is 476 g/mol. The lowest BCUT2D eigenvalue weighted by Gasteiger charge is -2.15. The van der Waals surface area contributed by atoms with Crippen LogP contribution in [-0.4, -0.2) is 37.2 Å². The van der Waals surface area contributed by atoms with Crippen LogP contribution in [0.15, 0.2) is 71.6 Å². The van der Waals surface area contributed by atoms with Crippen molar-refractivity contribution in [1.29, 1.82) is 0 Å². The molecule has 0 bridgehead atoms. The van der Waals surface area contributed by atoms with E-state index in [0.717, 1.165) is 10.5 Å². The van der Waals surface area contributed by atoms with Gasteiger partial charge in [-0.15, -0.1) is 11.8 Å². The number of nitrogens with zero attached hydrogens (tertiary/aromatic N) is 1. The lowest BCUT2D eigenvalue weighted by Crippen LogP contribution is -2.31. The summed E-state index contributed by atoms with van der Waals surface area (Å²) >= 11 is 1.34. The Morgan fingerprint density at radius 3 is 2.15 bits per heavy atom. The normalized spacial score (nSPS) is 15.4. The Labute approximate surface area is 202 Å². The highest BCUT2D eigenvalue weighted by atomic mass is 32.2. The van der Waals surface area contributed by atoms with Crippen molar-refractivity contribution in [3.8, 4) is 11.5 Å². The first kappa shape index (κ1) is 23.4. The third-order valence-electron chi connectivity index (χ3n) is 5.44. The van der Waals surface area contributed by atoms with E-state index in [1.165, 1.54) is 30.9 Å². The number of rotatable bonds is 7. The topological polar surface area (TPSA) is 84.9 Å². The Hall–Kier alpha value is -3.78. The van der Waals surface area contributed by atoms with Gasteiger partial charge in [-0.1, -0.05) is 23.8 Å². The van der Waals surface area contributed by atoms with Gasteiger partial charge in [0.2, 0.25) is 11.8 Å². The summed E-state index contributed by atoms with van der Waals surface area (Å²) in [6.07, 6.45) is 0.142. The summed E-state index contributed by atoms with van der Waals surface area (Å²) in [5.41, 5.74) is 2.54. The Morgan fingerprint density at radius 2 is 1.56 bits per heavy atom. The van der Waals surface area contributed by atoms with Gasteiger partial charge in [0.15, 0.2) is 0 Å². The lowest BCUT2D eigenvalue weighted by molar-refractivity contribution is -0.121. The molecule has 3 amide bonds. The molecule has 1 atom stereocenters. The minimum Gasteiger partial charge on any atom is -0.496 e. The first-order chi connectivity index (χ1) is 16.4. The first-order valence-corrected chi connectivity index (χ1v) is 11.5. The molecule has 0 spiro atoms. The quantitative estimate of drug-likeness (QED) is 0.498. The molecule has 3 aromatic carbocycles. The lowest BCUT2D eigenvalue weighted by atomic mass is 10.1. The van der Waals surface area contributed by atoms with Crippen LogP contribution in [-0.2, 0) is 9.59 Å². The maximum Gasteiger partial charge on any atom is 0.263 e. The minimum absolute atomic E-state index is 0.142. The van der Waals surface area contributed by atoms with Gasteiger partial charge in [0.05, 0.1) is 25.2 Å². The number of imide groups is 1. The van der Waals surface area contributed by atoms with Crippen LogP contribution in [0.3, 0.4) is 0 Å². The number of thioether (sulfide) groups is 1. The van der Waals surface area contributed by atoms with Crippen molar-refractivity contribution in [2.45, 2.75) is 23.5 Å². The highest BCUT2D eigenvalue weighted by Crippen LogP contribution is 2.35. The van der Waals surface area contributed by atoms with E-state index in [1.54, 1.807) is 42.5 Å². The summed E-state index contributed by atoms with van der Waals surface area (Å²) in [4.78, 5) is 40.3. The van der Waals surface area contributed by atoms with Crippen molar-refractivity contribution >= 4 is 40.9 Å². The average Bonchev–Trinajstić information content (AvgIpc) is 3.12. The second kappa shape index (κ2) is 10.0. The molecule has 8 heteroatoms. The minimum atomic E-state index is -0.493. The molecule has 0 saturated carbocycles. The van der Waals surface area contributed by atoms with Gasteiger partial charge in [0.25, 0.3) is 5.91 Å². The second-order valence-electron chi connectivity index (χ2n) is 7.73. The predicted molar refractivity (Wildman–Crippen MR) is 132 cm³/mol. The van der Waals surface area contributed by atoms with E-state index in [-0.39, 0.29) is 24.1 Å². The molecule has 4 rings (SSSR count). The maximum atomic E-state index is 12.9. The number of ether oxygens (including phenoxy) is 2. The molecule has 0 aliphatic carbocycles. The molecular weight excluding hydrogens is 452 g/mol. The fraction of sp³-hybridized carbons (Fsp3) is 0.192. The number of benzene rings is 3. The van der Waals surface area contributed by atoms with Crippen molar-refractivity contribution in [2.24, 2.45) is 0 Å². The fourth-order valence-corrected chi connectivity index (χ4v) is 4.76. The van der Waals surface area contributed by atoms with Crippen molar-refractivity contribution in [1.82, 2.24) is 0 Å². The van der Waals surface area contributed by atoms with Gasteiger partial charge in [0, 0.05) is 17.0 Å². The number of amides is 3. The highest BCUT2D eigenvalue weighted by Gasteiger charge is 2.40. The summed E-state index contributed by atoms with van der Waals surface area (Å²) in [6.45, 7) is 1.95. The summed E-state index contributed by atoms with van der Waals surface area (Å²) in [7, 11) is 2.99. The van der Waals surface area contributed by atoms with Crippen LogP contribution in [0.4, 0.5) is 11.4 Å². The number of anilines is 2. The predicted octanol–water partition coefficient (Wildman–Crippen LogP) is 4.69. The number of hydrogen-bond acceptors (Lipinski definition) is 6. The number of carbonyl (C=O) groups is 3. The number of nitrogens with one attached hydrogen (secondary N) is 1. The highest BCUT2D eigenvalue weighted by molar-refractivity contribution is 8.00. The summed E-state index contributed by atoms with van der Waals surface area (Å²) in [5.74, 6) is 0.0265. The summed E-state index contributed by atoms with van der Waals surface area (Å²) in [5, 5.41) is 2.35. The van der Waals surface area contributed by atoms with Crippen molar-refractivity contribution < 1.29 is 23.9 Å². The third kappa shape index (κ3) is 4.77. The third-order valence-corrected chi connectivity index (χ3v) is 6.64. The van der Waals surface area contributed by atoms with Crippen LogP contribution < -0.4 is 19.7 Å². The molecule has 1 heterocycles. The molecule has 0 radical (unpaired) electrons. The van der Waals surface area contributed by atoms with Gasteiger partial charge in [0.1, 0.15) is 17.1 Å². The molecule has 0 aromatic heterocycles. The number of hydrogen-bond donors (Lipinski definition) is 1. The van der Waals surface area contributed by atoms with Gasteiger partial charge in [-0.3, -0.25) is 14.4 Å². The van der Waals surface area contributed by atoms with Gasteiger partial charge < -0.3 is 14.8 Å². The number of methoxy groups -OCH3 is 2. The van der Waals surface area contributed by atoms with Crippen LogP contribution >= 0.6 is 11.8 Å². The van der Waals surface area contributed by atoms with E-state index in [4.69, 9.17) is 9.47 Å². The van der Waals surface area contributed by atoms with E-state index in [2.05, 4.69) is 5.32 Å². The van der Waals surface area contributed by atoms with Crippen LogP contribution in [0.1, 0.15) is 22.3 Å². The van der Waals surface area contributed by atoms with Crippen LogP contribution in [0.2, 0.25) is 0 Å².